The zero-order chi connectivity index (χ0) is 19.1. The number of rotatable bonds is 9. The fourth-order valence-electron chi connectivity index (χ4n) is 2.53. The number of anilines is 1. The molecule has 7 heteroatoms. The molecule has 1 heterocycles. The Labute approximate surface area is 154 Å². The van der Waals surface area contributed by atoms with Crippen molar-refractivity contribution in [1.29, 1.82) is 0 Å². The molecule has 2 rings (SSSR count). The Morgan fingerprint density at radius 2 is 1.65 bits per heavy atom. The first-order chi connectivity index (χ1) is 12.5. The maximum Gasteiger partial charge on any atom is 0.257 e. The van der Waals surface area contributed by atoms with Crippen molar-refractivity contribution in [2.75, 3.05) is 25.1 Å². The molecule has 0 saturated carbocycles. The Balaban J connectivity index is 2.37. The van der Waals surface area contributed by atoms with Crippen molar-refractivity contribution in [2.45, 2.75) is 40.7 Å². The highest BCUT2D eigenvalue weighted by Crippen LogP contribution is 2.39. The molecule has 1 amide bonds. The van der Waals surface area contributed by atoms with Crippen molar-refractivity contribution < 1.29 is 19.0 Å². The van der Waals surface area contributed by atoms with Crippen molar-refractivity contribution >= 4 is 11.7 Å². The van der Waals surface area contributed by atoms with Crippen LogP contribution in [0.1, 0.15) is 51.0 Å². The van der Waals surface area contributed by atoms with E-state index in [1.54, 1.807) is 29.1 Å². The summed E-state index contributed by atoms with van der Waals surface area (Å²) in [7, 11) is 0. The number of carbonyl (C=O) groups excluding carboxylic acids is 1. The summed E-state index contributed by atoms with van der Waals surface area (Å²) in [6, 6.07) is 5.24. The lowest BCUT2D eigenvalue weighted by Gasteiger charge is -2.17. The fraction of sp³-hybridized carbons (Fsp3) is 0.474. The van der Waals surface area contributed by atoms with Gasteiger partial charge in [-0.05, 0) is 46.8 Å². The summed E-state index contributed by atoms with van der Waals surface area (Å²) in [6.45, 7) is 11.0. The lowest BCUT2D eigenvalue weighted by Crippen LogP contribution is -2.17. The third-order valence-electron chi connectivity index (χ3n) is 3.57. The zero-order valence-corrected chi connectivity index (χ0v) is 16.0. The third-order valence-corrected chi connectivity index (χ3v) is 3.57. The van der Waals surface area contributed by atoms with Crippen LogP contribution in [0.25, 0.3) is 0 Å². The Hall–Kier alpha value is -2.70. The normalized spacial score (nSPS) is 10.7. The average Bonchev–Trinajstić information content (AvgIpc) is 3.06. The van der Waals surface area contributed by atoms with Gasteiger partial charge in [-0.1, -0.05) is 0 Å². The number of hydrogen-bond donors (Lipinski definition) is 1. The van der Waals surface area contributed by atoms with E-state index in [-0.39, 0.29) is 11.9 Å². The van der Waals surface area contributed by atoms with Crippen molar-refractivity contribution in [3.8, 4) is 17.2 Å². The molecular weight excluding hydrogens is 334 g/mol. The second-order valence-electron chi connectivity index (χ2n) is 5.81. The minimum atomic E-state index is -0.266. The Bertz CT molecular complexity index is 713. The molecule has 7 nitrogen and oxygen atoms in total. The third kappa shape index (κ3) is 4.47. The molecule has 0 aliphatic heterocycles. The molecule has 0 atom stereocenters. The molecule has 0 saturated heterocycles. The van der Waals surface area contributed by atoms with Gasteiger partial charge in [0.25, 0.3) is 5.91 Å². The largest absolute Gasteiger partial charge is 0.490 e. The summed E-state index contributed by atoms with van der Waals surface area (Å²) in [5.74, 6) is 1.86. The molecule has 1 N–H and O–H groups in total. The molecule has 1 aromatic heterocycles. The molecular formula is C19H27N3O4. The highest BCUT2D eigenvalue weighted by molar-refractivity contribution is 6.04. The lowest BCUT2D eigenvalue weighted by atomic mass is 10.1. The summed E-state index contributed by atoms with van der Waals surface area (Å²) >= 11 is 0. The van der Waals surface area contributed by atoms with Gasteiger partial charge in [-0.15, -0.1) is 0 Å². The van der Waals surface area contributed by atoms with E-state index in [4.69, 9.17) is 14.2 Å². The minimum absolute atomic E-state index is 0.138. The maximum atomic E-state index is 12.8. The summed E-state index contributed by atoms with van der Waals surface area (Å²) in [5, 5.41) is 7.12. The van der Waals surface area contributed by atoms with Crippen LogP contribution in [-0.2, 0) is 0 Å². The summed E-state index contributed by atoms with van der Waals surface area (Å²) in [6.07, 6.45) is 1.66. The number of aromatic nitrogens is 2. The van der Waals surface area contributed by atoms with Crippen LogP contribution in [0.2, 0.25) is 0 Å². The van der Waals surface area contributed by atoms with Gasteiger partial charge < -0.3 is 19.5 Å². The van der Waals surface area contributed by atoms with Crippen molar-refractivity contribution in [3.63, 3.8) is 0 Å². The number of nitrogens with zero attached hydrogens (tertiary/aromatic N) is 2. The lowest BCUT2D eigenvalue weighted by molar-refractivity contribution is 0.102. The molecule has 0 fully saturated rings. The fourth-order valence-corrected chi connectivity index (χ4v) is 2.53. The van der Waals surface area contributed by atoms with Gasteiger partial charge in [0.1, 0.15) is 5.82 Å². The van der Waals surface area contributed by atoms with Crippen molar-refractivity contribution in [3.05, 3.63) is 30.0 Å². The van der Waals surface area contributed by atoms with Gasteiger partial charge in [0.05, 0.1) is 26.0 Å². The molecule has 0 spiro atoms. The molecule has 142 valence electrons. The van der Waals surface area contributed by atoms with Gasteiger partial charge in [0.2, 0.25) is 5.75 Å². The van der Waals surface area contributed by atoms with E-state index < -0.39 is 0 Å². The second-order valence-corrected chi connectivity index (χ2v) is 5.81. The first kappa shape index (κ1) is 19.6. The highest BCUT2D eigenvalue weighted by Gasteiger charge is 2.19. The highest BCUT2D eigenvalue weighted by atomic mass is 16.5. The number of ether oxygens (including phenoxy) is 3. The second kappa shape index (κ2) is 9.12. The van der Waals surface area contributed by atoms with Gasteiger partial charge in [-0.2, -0.15) is 5.10 Å². The molecule has 1 aromatic carbocycles. The molecule has 0 radical (unpaired) electrons. The summed E-state index contributed by atoms with van der Waals surface area (Å²) in [5.41, 5.74) is 0.428. The number of nitrogens with one attached hydrogen (secondary N) is 1. The van der Waals surface area contributed by atoms with Crippen LogP contribution in [0.5, 0.6) is 17.2 Å². The van der Waals surface area contributed by atoms with E-state index in [2.05, 4.69) is 10.4 Å². The number of amides is 1. The Morgan fingerprint density at radius 1 is 1.08 bits per heavy atom. The molecule has 0 unspecified atom stereocenters. The smallest absolute Gasteiger partial charge is 0.257 e. The van der Waals surface area contributed by atoms with Crippen LogP contribution in [0.3, 0.4) is 0 Å². The van der Waals surface area contributed by atoms with Gasteiger partial charge in [0, 0.05) is 17.7 Å². The molecule has 26 heavy (non-hydrogen) atoms. The predicted molar refractivity (Wildman–Crippen MR) is 101 cm³/mol. The predicted octanol–water partition coefficient (Wildman–Crippen LogP) is 3.91. The van der Waals surface area contributed by atoms with E-state index >= 15 is 0 Å². The Kier molecular flexibility index (Phi) is 6.89. The first-order valence-corrected chi connectivity index (χ1v) is 8.93. The molecule has 0 bridgehead atoms. The monoisotopic (exact) mass is 361 g/mol. The first-order valence-electron chi connectivity index (χ1n) is 8.93. The molecule has 0 aliphatic carbocycles. The SMILES string of the molecule is CCOc1cc(C(=O)Nc2ccnn2C(C)C)cc(OCC)c1OCC. The quantitative estimate of drug-likeness (QED) is 0.733. The van der Waals surface area contributed by atoms with Crippen LogP contribution in [0, 0.1) is 0 Å². The standard InChI is InChI=1S/C19H27N3O4/c1-6-24-15-11-14(12-16(25-7-2)18(15)26-8-3)19(23)21-17-9-10-20-22(17)13(4)5/h9-13H,6-8H2,1-5H3,(H,21,23). The van der Waals surface area contributed by atoms with Gasteiger partial charge in [-0.3, -0.25) is 4.79 Å². The van der Waals surface area contributed by atoms with E-state index in [9.17, 15) is 4.79 Å². The number of hydrogen-bond acceptors (Lipinski definition) is 5. The topological polar surface area (TPSA) is 74.6 Å². The van der Waals surface area contributed by atoms with Crippen LogP contribution in [-0.4, -0.2) is 35.5 Å². The zero-order valence-electron chi connectivity index (χ0n) is 16.0. The summed E-state index contributed by atoms with van der Waals surface area (Å²) < 4.78 is 18.7. The minimum Gasteiger partial charge on any atom is -0.490 e. The van der Waals surface area contributed by atoms with Crippen LogP contribution in [0.15, 0.2) is 24.4 Å². The van der Waals surface area contributed by atoms with Gasteiger partial charge in [0.15, 0.2) is 11.5 Å². The molecule has 0 aliphatic rings. The maximum absolute atomic E-state index is 12.8. The average molecular weight is 361 g/mol. The van der Waals surface area contributed by atoms with E-state index in [0.29, 0.717) is 48.5 Å². The molecule has 2 aromatic rings. The number of carbonyl (C=O) groups is 1. The number of benzene rings is 1. The van der Waals surface area contributed by atoms with Crippen molar-refractivity contribution in [1.82, 2.24) is 9.78 Å². The summed E-state index contributed by atoms with van der Waals surface area (Å²) in [4.78, 5) is 12.8. The van der Waals surface area contributed by atoms with E-state index in [1.165, 1.54) is 0 Å². The van der Waals surface area contributed by atoms with Crippen LogP contribution in [0.4, 0.5) is 5.82 Å². The Morgan fingerprint density at radius 3 is 2.15 bits per heavy atom. The van der Waals surface area contributed by atoms with Gasteiger partial charge >= 0.3 is 0 Å². The van der Waals surface area contributed by atoms with Crippen molar-refractivity contribution in [2.24, 2.45) is 0 Å². The van der Waals surface area contributed by atoms with Gasteiger partial charge in [-0.25, -0.2) is 4.68 Å². The van der Waals surface area contributed by atoms with E-state index in [0.717, 1.165) is 0 Å². The van der Waals surface area contributed by atoms with Crippen LogP contribution < -0.4 is 19.5 Å². The van der Waals surface area contributed by atoms with Crippen LogP contribution >= 0.6 is 0 Å². The van der Waals surface area contributed by atoms with E-state index in [1.807, 2.05) is 34.6 Å².